The summed E-state index contributed by atoms with van der Waals surface area (Å²) in [4.78, 5) is 2.51. The van der Waals surface area contributed by atoms with Crippen molar-refractivity contribution >= 4 is 45.9 Å². The van der Waals surface area contributed by atoms with Gasteiger partial charge in [-0.2, -0.15) is 0 Å². The lowest BCUT2D eigenvalue weighted by Crippen LogP contribution is -2.72. The van der Waals surface area contributed by atoms with Gasteiger partial charge in [0.15, 0.2) is 8.07 Å². The highest BCUT2D eigenvalue weighted by Gasteiger charge is 2.53. The van der Waals surface area contributed by atoms with Gasteiger partial charge in [-0.1, -0.05) is 285 Å². The van der Waals surface area contributed by atoms with E-state index in [1.54, 1.807) is 0 Å². The Morgan fingerprint density at radius 3 is 1.18 bits per heavy atom. The van der Waals surface area contributed by atoms with Gasteiger partial charge in [-0.15, -0.1) is 0 Å². The van der Waals surface area contributed by atoms with Crippen molar-refractivity contribution in [2.75, 3.05) is 4.90 Å². The van der Waals surface area contributed by atoms with E-state index in [0.29, 0.717) is 0 Å². The van der Waals surface area contributed by atoms with Gasteiger partial charge in [0.25, 0.3) is 0 Å². The van der Waals surface area contributed by atoms with Gasteiger partial charge in [0.2, 0.25) is 0 Å². The first kappa shape index (κ1) is 46.8. The average Bonchev–Trinajstić information content (AvgIpc) is 1.78. The second-order valence-electron chi connectivity index (χ2n) is 22.5. The van der Waals surface area contributed by atoms with Crippen molar-refractivity contribution in [3.63, 3.8) is 0 Å². The molecule has 382 valence electrons. The molecule has 13 aromatic rings. The first-order valence-electron chi connectivity index (χ1n) is 28.7. The summed E-state index contributed by atoms with van der Waals surface area (Å²) in [5, 5.41) is 5.70. The van der Waals surface area contributed by atoms with Gasteiger partial charge in [-0.3, -0.25) is 0 Å². The topological polar surface area (TPSA) is 3.24 Å². The molecule has 0 saturated carbocycles. The van der Waals surface area contributed by atoms with Crippen LogP contribution in [0.2, 0.25) is 0 Å². The van der Waals surface area contributed by atoms with Crippen molar-refractivity contribution in [3.05, 3.63) is 366 Å². The van der Waals surface area contributed by atoms with E-state index in [-0.39, 0.29) is 0 Å². The van der Waals surface area contributed by atoms with Crippen LogP contribution in [0.4, 0.5) is 17.1 Å². The molecule has 0 saturated heterocycles. The van der Waals surface area contributed by atoms with Crippen LogP contribution in [0.25, 0.3) is 55.6 Å². The molecule has 0 N–H and O–H groups in total. The van der Waals surface area contributed by atoms with Crippen molar-refractivity contribution in [2.45, 2.75) is 10.8 Å². The van der Waals surface area contributed by atoms with Gasteiger partial charge in [0.1, 0.15) is 0 Å². The molecule has 82 heavy (non-hydrogen) atoms. The molecule has 1 aliphatic heterocycles. The molecule has 1 spiro atoms. The SMILES string of the molecule is c1ccc(C2(c3ccccc3)c3ccccc3-c3ccc(N(c4ccc(-c5cccc([Si]6(c7ccccc7)c7ccccc7-c7ccccc76)c5)cc4)c4ccc5c(c4)-c4ccccc4C54c5ccccc5-c5ccccc54)cc32)cc1. The maximum Gasteiger partial charge on any atom is 0.180 e. The first-order chi connectivity index (χ1) is 40.7. The molecule has 0 unspecified atom stereocenters. The lowest BCUT2D eigenvalue weighted by molar-refractivity contribution is 0.768. The molecule has 2 heteroatoms. The van der Waals surface area contributed by atoms with E-state index in [0.717, 1.165) is 17.1 Å². The molecule has 3 aliphatic carbocycles. The minimum absolute atomic E-state index is 0.437. The van der Waals surface area contributed by atoms with E-state index < -0.39 is 18.9 Å². The van der Waals surface area contributed by atoms with Crippen LogP contribution in [0.15, 0.2) is 322 Å². The summed E-state index contributed by atoms with van der Waals surface area (Å²) in [6, 6.07) is 122. The quantitative estimate of drug-likeness (QED) is 0.137. The third-order valence-electron chi connectivity index (χ3n) is 18.9. The van der Waals surface area contributed by atoms with Gasteiger partial charge in [-0.05, 0) is 157 Å². The fraction of sp³-hybridized carbons (Fsp3) is 0.0250. The largest absolute Gasteiger partial charge is 0.310 e. The molecule has 4 aliphatic rings. The number of benzene rings is 13. The second kappa shape index (κ2) is 17.9. The number of hydrogen-bond acceptors (Lipinski definition) is 1. The fourth-order valence-corrected chi connectivity index (χ4v) is 20.9. The van der Waals surface area contributed by atoms with Crippen molar-refractivity contribution in [1.29, 1.82) is 0 Å². The van der Waals surface area contributed by atoms with Crippen LogP contribution in [0.1, 0.15) is 44.5 Å². The molecule has 0 aromatic heterocycles. The zero-order valence-electron chi connectivity index (χ0n) is 45.0. The number of hydrogen-bond donors (Lipinski definition) is 0. The van der Waals surface area contributed by atoms with E-state index >= 15 is 0 Å². The van der Waals surface area contributed by atoms with Gasteiger partial charge in [0, 0.05) is 17.1 Å². The number of fused-ring (bicyclic) bond motifs is 16. The maximum atomic E-state index is 2.51. The Kier molecular flexibility index (Phi) is 10.2. The van der Waals surface area contributed by atoms with Crippen molar-refractivity contribution in [1.82, 2.24) is 0 Å². The van der Waals surface area contributed by atoms with Crippen LogP contribution in [0, 0.1) is 0 Å². The minimum atomic E-state index is -2.69. The molecule has 0 radical (unpaired) electrons. The van der Waals surface area contributed by atoms with E-state index in [1.165, 1.54) is 121 Å². The van der Waals surface area contributed by atoms with Crippen molar-refractivity contribution in [3.8, 4) is 55.6 Å². The molecule has 1 nitrogen and oxygen atoms in total. The van der Waals surface area contributed by atoms with E-state index in [1.807, 2.05) is 0 Å². The van der Waals surface area contributed by atoms with Crippen LogP contribution in [-0.4, -0.2) is 8.07 Å². The van der Waals surface area contributed by atoms with Gasteiger partial charge in [0.05, 0.1) is 10.8 Å². The highest BCUT2D eigenvalue weighted by Crippen LogP contribution is 2.64. The molecule has 0 amide bonds. The summed E-state index contributed by atoms with van der Waals surface area (Å²) < 4.78 is 0. The number of nitrogens with zero attached hydrogens (tertiary/aromatic N) is 1. The minimum Gasteiger partial charge on any atom is -0.310 e. The van der Waals surface area contributed by atoms with Crippen LogP contribution in [0.3, 0.4) is 0 Å². The molecule has 0 fully saturated rings. The Labute approximate surface area is 480 Å². The molecular weight excluding hydrogens is 1000 g/mol. The van der Waals surface area contributed by atoms with Gasteiger partial charge >= 0.3 is 0 Å². The third-order valence-corrected chi connectivity index (χ3v) is 23.7. The van der Waals surface area contributed by atoms with Crippen molar-refractivity contribution in [2.24, 2.45) is 0 Å². The Morgan fingerprint density at radius 2 is 0.622 bits per heavy atom. The van der Waals surface area contributed by atoms with Crippen molar-refractivity contribution < 1.29 is 0 Å². The van der Waals surface area contributed by atoms with Crippen LogP contribution < -0.4 is 25.6 Å². The summed E-state index contributed by atoms with van der Waals surface area (Å²) in [6.45, 7) is 0. The highest BCUT2D eigenvalue weighted by atomic mass is 28.3. The van der Waals surface area contributed by atoms with Gasteiger partial charge in [-0.25, -0.2) is 0 Å². The molecule has 1 heterocycles. The monoisotopic (exact) mass is 1060 g/mol. The Morgan fingerprint density at radius 1 is 0.220 bits per heavy atom. The zero-order chi connectivity index (χ0) is 54.0. The predicted molar refractivity (Wildman–Crippen MR) is 343 cm³/mol. The molecule has 13 aromatic carbocycles. The zero-order valence-corrected chi connectivity index (χ0v) is 46.0. The summed E-state index contributed by atoms with van der Waals surface area (Å²) in [5.41, 5.74) is 25.5. The fourth-order valence-electron chi connectivity index (χ4n) is 15.7. The standard InChI is InChI=1S/C80H53NSi/c1-4-24-56(25-5-1)79(57-26-6-2-7-27-57)71-37-16-10-33-65(71)67-49-47-60(53-76(67)79)81(59-48-50-75-70(52-59)66-34-13-19-40-74(66)80(75)72-38-17-11-31-63(72)64-32-12-18-39-73(64)80)58-45-43-54(44-46-58)55-23-22-30-62(51-55)82(61-28-8-3-9-29-61)77-41-20-14-35-68(77)69-36-15-21-42-78(69)82/h1-53H. The summed E-state index contributed by atoms with van der Waals surface area (Å²) >= 11 is 0. The van der Waals surface area contributed by atoms with Gasteiger partial charge < -0.3 is 4.90 Å². The second-order valence-corrected chi connectivity index (χ2v) is 26.3. The summed E-state index contributed by atoms with van der Waals surface area (Å²) in [7, 11) is -2.69. The third kappa shape index (κ3) is 6.27. The highest BCUT2D eigenvalue weighted by molar-refractivity contribution is 7.22. The smallest absolute Gasteiger partial charge is 0.180 e. The summed E-state index contributed by atoms with van der Waals surface area (Å²) in [6.07, 6.45) is 0. The summed E-state index contributed by atoms with van der Waals surface area (Å²) in [5.74, 6) is 0. The normalized spacial score (nSPS) is 14.4. The number of anilines is 3. The molecule has 0 bridgehead atoms. The Hall–Kier alpha value is -10.1. The molecule has 17 rings (SSSR count). The maximum absolute atomic E-state index is 2.69. The van der Waals surface area contributed by atoms with E-state index in [9.17, 15) is 0 Å². The average molecular weight is 1060 g/mol. The van der Waals surface area contributed by atoms with Crippen LogP contribution in [0.5, 0.6) is 0 Å². The molecule has 0 atom stereocenters. The van der Waals surface area contributed by atoms with Crippen LogP contribution in [-0.2, 0) is 10.8 Å². The van der Waals surface area contributed by atoms with E-state index in [4.69, 9.17) is 0 Å². The Bertz CT molecular complexity index is 4560. The lowest BCUT2D eigenvalue weighted by atomic mass is 9.67. The van der Waals surface area contributed by atoms with E-state index in [2.05, 4.69) is 326 Å². The molecular formula is C80H53NSi. The lowest BCUT2D eigenvalue weighted by Gasteiger charge is -2.35. The predicted octanol–water partition coefficient (Wildman–Crippen LogP) is 16.9. The Balaban J connectivity index is 0.867. The van der Waals surface area contributed by atoms with Crippen LogP contribution >= 0.6 is 0 Å². The first-order valence-corrected chi connectivity index (χ1v) is 30.7. The number of rotatable bonds is 8.